The van der Waals surface area contributed by atoms with Gasteiger partial charge in [-0.3, -0.25) is 24.2 Å². The van der Waals surface area contributed by atoms with Crippen LogP contribution in [0.1, 0.15) is 62.8 Å². The van der Waals surface area contributed by atoms with Gasteiger partial charge in [0.15, 0.2) is 0 Å². The van der Waals surface area contributed by atoms with Crippen molar-refractivity contribution in [1.82, 2.24) is 9.80 Å². The van der Waals surface area contributed by atoms with Crippen LogP contribution in [0, 0.1) is 24.2 Å². The summed E-state index contributed by atoms with van der Waals surface area (Å²) >= 11 is 6.15. The van der Waals surface area contributed by atoms with Crippen molar-refractivity contribution < 1.29 is 24.2 Å². The van der Waals surface area contributed by atoms with E-state index in [0.29, 0.717) is 18.1 Å². The van der Waals surface area contributed by atoms with Crippen molar-refractivity contribution >= 4 is 29.4 Å². The first kappa shape index (κ1) is 28.1. The molecule has 2 amide bonds. The Morgan fingerprint density at radius 1 is 1.16 bits per heavy atom. The summed E-state index contributed by atoms with van der Waals surface area (Å²) in [5.74, 6) is -0.560. The van der Waals surface area contributed by atoms with Crippen LogP contribution in [0.15, 0.2) is 42.5 Å². The molecule has 8 heteroatoms. The summed E-state index contributed by atoms with van der Waals surface area (Å²) in [6.45, 7) is 10.1. The highest BCUT2D eigenvalue weighted by atomic mass is 35.5. The number of aryl methyl sites for hydroxylation is 1. The molecule has 1 heterocycles. The summed E-state index contributed by atoms with van der Waals surface area (Å²) in [6.07, 6.45) is 1.44. The molecule has 0 aromatic heterocycles. The Labute approximate surface area is 229 Å². The molecule has 1 unspecified atom stereocenters. The van der Waals surface area contributed by atoms with E-state index in [4.69, 9.17) is 16.3 Å². The summed E-state index contributed by atoms with van der Waals surface area (Å²) in [5, 5.41) is 10.4. The Morgan fingerprint density at radius 2 is 1.82 bits per heavy atom. The smallest absolute Gasteiger partial charge is 0.307 e. The zero-order valence-corrected chi connectivity index (χ0v) is 23.3. The predicted octanol–water partition coefficient (Wildman–Crippen LogP) is 5.49. The number of rotatable bonds is 12. The summed E-state index contributed by atoms with van der Waals surface area (Å²) < 4.78 is 5.91. The number of hydrogen-bond donors (Lipinski definition) is 1. The Kier molecular flexibility index (Phi) is 8.48. The van der Waals surface area contributed by atoms with Crippen molar-refractivity contribution in [2.45, 2.75) is 59.5 Å². The van der Waals surface area contributed by atoms with Gasteiger partial charge in [-0.15, -0.1) is 0 Å². The van der Waals surface area contributed by atoms with E-state index >= 15 is 0 Å². The van der Waals surface area contributed by atoms with Gasteiger partial charge in [-0.1, -0.05) is 56.6 Å². The number of nitrogens with zero attached hydrogens (tertiary/aromatic N) is 2. The van der Waals surface area contributed by atoms with Gasteiger partial charge in [0, 0.05) is 37.0 Å². The summed E-state index contributed by atoms with van der Waals surface area (Å²) in [5.41, 5.74) is 2.99. The molecule has 7 nitrogen and oxygen atoms in total. The van der Waals surface area contributed by atoms with Crippen LogP contribution in [0.3, 0.4) is 0 Å². The zero-order valence-electron chi connectivity index (χ0n) is 22.6. The fraction of sp³-hybridized carbons (Fsp3) is 0.500. The Hall–Kier alpha value is -2.90. The number of carbonyl (C=O) groups is 3. The molecule has 0 bridgehead atoms. The Balaban J connectivity index is 1.49. The second kappa shape index (κ2) is 11.5. The fourth-order valence-corrected chi connectivity index (χ4v) is 5.97. The first-order valence-electron chi connectivity index (χ1n) is 13.3. The maximum atomic E-state index is 11.9. The van der Waals surface area contributed by atoms with Crippen molar-refractivity contribution in [3.8, 4) is 5.75 Å². The number of ether oxygens (including phenoxy) is 1. The lowest BCUT2D eigenvalue weighted by Gasteiger charge is -2.32. The Bertz CT molecular complexity index is 1180. The molecule has 2 fully saturated rings. The largest absolute Gasteiger partial charge is 0.491 e. The predicted molar refractivity (Wildman–Crippen MR) is 146 cm³/mol. The van der Waals surface area contributed by atoms with Crippen LogP contribution in [-0.2, 0) is 20.9 Å². The van der Waals surface area contributed by atoms with E-state index in [2.05, 4.69) is 17.9 Å². The number of amides is 2. The molecule has 1 N–H and O–H groups in total. The molecule has 2 aromatic rings. The minimum atomic E-state index is -0.728. The van der Waals surface area contributed by atoms with E-state index in [1.165, 1.54) is 4.90 Å². The third kappa shape index (κ3) is 6.05. The first-order valence-corrected chi connectivity index (χ1v) is 13.7. The molecular formula is C30H37ClN2O5. The summed E-state index contributed by atoms with van der Waals surface area (Å²) in [6, 6.07) is 14.1. The van der Waals surface area contributed by atoms with Gasteiger partial charge < -0.3 is 9.84 Å². The van der Waals surface area contributed by atoms with Gasteiger partial charge >= 0.3 is 5.97 Å². The summed E-state index contributed by atoms with van der Waals surface area (Å²) in [7, 11) is 0. The topological polar surface area (TPSA) is 87.2 Å². The van der Waals surface area contributed by atoms with Gasteiger partial charge in [-0.05, 0) is 59.6 Å². The average Bonchev–Trinajstić information content (AvgIpc) is 3.26. The third-order valence-electron chi connectivity index (χ3n) is 8.18. The first-order chi connectivity index (χ1) is 18.0. The van der Waals surface area contributed by atoms with E-state index < -0.39 is 5.97 Å². The van der Waals surface area contributed by atoms with Crippen LogP contribution >= 0.6 is 11.6 Å². The number of imide groups is 1. The van der Waals surface area contributed by atoms with Gasteiger partial charge in [0.25, 0.3) is 0 Å². The van der Waals surface area contributed by atoms with Gasteiger partial charge in [0.1, 0.15) is 12.4 Å². The zero-order chi connectivity index (χ0) is 27.6. The van der Waals surface area contributed by atoms with E-state index in [9.17, 15) is 19.5 Å². The minimum Gasteiger partial charge on any atom is -0.491 e. The number of likely N-dealkylation sites (tertiary alicyclic amines) is 1. The maximum Gasteiger partial charge on any atom is 0.307 e. The molecule has 1 saturated heterocycles. The van der Waals surface area contributed by atoms with Gasteiger partial charge in [-0.25, -0.2) is 0 Å². The lowest BCUT2D eigenvalue weighted by atomic mass is 10.00. The number of aliphatic carboxylic acids is 1. The number of benzene rings is 2. The molecule has 1 aliphatic heterocycles. The molecule has 0 radical (unpaired) electrons. The second-order valence-corrected chi connectivity index (χ2v) is 11.5. The molecule has 2 aliphatic rings. The highest BCUT2D eigenvalue weighted by Gasteiger charge is 2.62. The van der Waals surface area contributed by atoms with Crippen LogP contribution in [0.2, 0.25) is 5.02 Å². The van der Waals surface area contributed by atoms with Crippen LogP contribution in [0.5, 0.6) is 5.75 Å². The van der Waals surface area contributed by atoms with E-state index in [0.717, 1.165) is 28.9 Å². The van der Waals surface area contributed by atoms with Crippen LogP contribution in [0.4, 0.5) is 0 Å². The van der Waals surface area contributed by atoms with Crippen molar-refractivity contribution in [1.29, 1.82) is 0 Å². The fourth-order valence-electron chi connectivity index (χ4n) is 5.84. The lowest BCUT2D eigenvalue weighted by Crippen LogP contribution is -2.33. The molecule has 204 valence electrons. The molecule has 0 spiro atoms. The van der Waals surface area contributed by atoms with Crippen molar-refractivity contribution in [3.63, 3.8) is 0 Å². The van der Waals surface area contributed by atoms with Gasteiger partial charge in [-0.2, -0.15) is 0 Å². The SMILES string of the molecule is CCC(c1ccc(Cl)cc1)N(Cc1ccc(OCCN2C(=O)CCC2=O)c(C)c1)C[C@@H]1[C@@H](C(=O)O)C1(C)C. The quantitative estimate of drug-likeness (QED) is 0.358. The maximum absolute atomic E-state index is 11.9. The second-order valence-electron chi connectivity index (χ2n) is 11.0. The van der Waals surface area contributed by atoms with E-state index in [1.807, 2.05) is 57.2 Å². The number of halogens is 1. The van der Waals surface area contributed by atoms with Gasteiger partial charge in [0.05, 0.1) is 12.5 Å². The number of carboxylic acid groups (broad SMARTS) is 1. The third-order valence-corrected chi connectivity index (χ3v) is 8.43. The number of carboxylic acids is 1. The van der Waals surface area contributed by atoms with Crippen LogP contribution < -0.4 is 4.74 Å². The molecule has 38 heavy (non-hydrogen) atoms. The lowest BCUT2D eigenvalue weighted by molar-refractivity contribution is -0.140. The van der Waals surface area contributed by atoms with Crippen molar-refractivity contribution in [3.05, 3.63) is 64.2 Å². The van der Waals surface area contributed by atoms with E-state index in [1.54, 1.807) is 0 Å². The minimum absolute atomic E-state index is 0.0704. The van der Waals surface area contributed by atoms with Crippen LogP contribution in [0.25, 0.3) is 0 Å². The monoisotopic (exact) mass is 540 g/mol. The normalized spacial score (nSPS) is 21.2. The molecule has 1 aliphatic carbocycles. The average molecular weight is 541 g/mol. The molecule has 3 atom stereocenters. The molecule has 2 aromatic carbocycles. The van der Waals surface area contributed by atoms with Crippen LogP contribution in [-0.4, -0.2) is 52.4 Å². The molecular weight excluding hydrogens is 504 g/mol. The highest BCUT2D eigenvalue weighted by Crippen LogP contribution is 2.59. The Morgan fingerprint density at radius 3 is 2.37 bits per heavy atom. The molecule has 4 rings (SSSR count). The van der Waals surface area contributed by atoms with E-state index in [-0.39, 0.29) is 61.1 Å². The van der Waals surface area contributed by atoms with Gasteiger partial charge in [0.2, 0.25) is 11.8 Å². The number of hydrogen-bond acceptors (Lipinski definition) is 5. The number of carbonyl (C=O) groups excluding carboxylic acids is 2. The van der Waals surface area contributed by atoms with Crippen molar-refractivity contribution in [2.75, 3.05) is 19.7 Å². The highest BCUT2D eigenvalue weighted by molar-refractivity contribution is 6.30. The van der Waals surface area contributed by atoms with Crippen molar-refractivity contribution in [2.24, 2.45) is 17.3 Å². The molecule has 1 saturated carbocycles. The summed E-state index contributed by atoms with van der Waals surface area (Å²) in [4.78, 5) is 39.2. The standard InChI is InChI=1S/C30H37ClN2O5/c1-5-24(21-7-9-22(31)10-8-21)32(18-23-28(29(36)37)30(23,3)4)17-20-6-11-25(19(2)16-20)38-15-14-33-26(34)12-13-27(33)35/h6-11,16,23-24,28H,5,12-15,17-18H2,1-4H3,(H,36,37)/t23-,24?,28+/m1/s1.